The molecule has 0 heterocycles. The molecule has 0 aliphatic rings. The second-order valence-corrected chi connectivity index (χ2v) is 3.95. The number of hydrogen-bond acceptors (Lipinski definition) is 2. The van der Waals surface area contributed by atoms with Crippen LogP contribution in [0.1, 0.15) is 71.1 Å². The summed E-state index contributed by atoms with van der Waals surface area (Å²) in [4.78, 5) is 10.1. The van der Waals surface area contributed by atoms with E-state index in [1.165, 1.54) is 44.9 Å². The van der Waals surface area contributed by atoms with Crippen molar-refractivity contribution in [3.63, 3.8) is 0 Å². The van der Waals surface area contributed by atoms with Crippen LogP contribution in [0.2, 0.25) is 0 Å². The van der Waals surface area contributed by atoms with Crippen molar-refractivity contribution in [2.45, 2.75) is 71.1 Å². The van der Waals surface area contributed by atoms with Crippen molar-refractivity contribution >= 4 is 5.97 Å². The average Bonchev–Trinajstić information content (AvgIpc) is 2.15. The Labute approximate surface area is 158 Å². The smallest absolute Gasteiger partial charge is 0.550 e. The first-order chi connectivity index (χ1) is 6.77. The van der Waals surface area contributed by atoms with Gasteiger partial charge in [0.05, 0.1) is 0 Å². The molecule has 0 fully saturated rings. The van der Waals surface area contributed by atoms with Gasteiger partial charge >= 0.3 is 68.9 Å². The van der Waals surface area contributed by atoms with Gasteiger partial charge in [0.1, 0.15) is 0 Å². The molecular weight excluding hydrogens is 325 g/mol. The fourth-order valence-electron chi connectivity index (χ4n) is 1.58. The molecule has 2 N–H and O–H groups in total. The van der Waals surface area contributed by atoms with E-state index < -0.39 is 5.97 Å². The Bertz CT molecular complexity index is 140. The molecule has 0 saturated carbocycles. The number of carbonyl (C=O) groups is 1. The number of carboxylic acids is 1. The molecule has 92 valence electrons. The van der Waals surface area contributed by atoms with Crippen LogP contribution in [-0.2, 0) is 4.79 Å². The average molecular weight is 350 g/mol. The first kappa shape index (κ1) is 22.6. The van der Waals surface area contributed by atoms with Gasteiger partial charge in [-0.3, -0.25) is 0 Å². The molecule has 3 nitrogen and oxygen atoms in total. The van der Waals surface area contributed by atoms with Crippen LogP contribution in [0.25, 0.3) is 0 Å². The van der Waals surface area contributed by atoms with Gasteiger partial charge in [-0.15, -0.1) is 0 Å². The molecule has 16 heavy (non-hydrogen) atoms. The molecule has 0 amide bonds. The molecule has 4 heteroatoms. The van der Waals surface area contributed by atoms with Crippen LogP contribution in [0.4, 0.5) is 0 Å². The first-order valence-electron chi connectivity index (χ1n) is 5.97. The van der Waals surface area contributed by atoms with E-state index in [1.807, 2.05) is 0 Å². The van der Waals surface area contributed by atoms with Gasteiger partial charge < -0.3 is 15.4 Å². The van der Waals surface area contributed by atoms with Crippen molar-refractivity contribution in [3.8, 4) is 0 Å². The molecule has 0 aromatic carbocycles. The summed E-state index contributed by atoms with van der Waals surface area (Å²) < 4.78 is 0. The third kappa shape index (κ3) is 20.8. The monoisotopic (exact) mass is 350 g/mol. The Kier molecular flexibility index (Phi) is 26.7. The van der Waals surface area contributed by atoms with E-state index in [1.54, 1.807) is 0 Å². The molecule has 0 unspecified atom stereocenters. The number of carbonyl (C=O) groups excluding carboxylic acids is 1. The van der Waals surface area contributed by atoms with Crippen molar-refractivity contribution in [1.82, 2.24) is 0 Å². The number of carboxylic acid groups (broad SMARTS) is 1. The first-order valence-corrected chi connectivity index (χ1v) is 5.97. The Morgan fingerprint density at radius 3 is 1.62 bits per heavy atom. The van der Waals surface area contributed by atoms with E-state index in [4.69, 9.17) is 0 Å². The molecule has 0 rings (SSSR count). The van der Waals surface area contributed by atoms with Crippen LogP contribution in [0.3, 0.4) is 0 Å². The summed E-state index contributed by atoms with van der Waals surface area (Å²) in [6, 6.07) is 0. The summed E-state index contributed by atoms with van der Waals surface area (Å²) >= 11 is 0. The normalized spacial score (nSPS) is 9.06. The number of rotatable bonds is 10. The van der Waals surface area contributed by atoms with Gasteiger partial charge in [-0.1, -0.05) is 58.3 Å². The summed E-state index contributed by atoms with van der Waals surface area (Å²) in [7, 11) is 0. The molecule has 0 spiro atoms. The molecule has 0 aliphatic carbocycles. The van der Waals surface area contributed by atoms with Crippen LogP contribution in [0.5, 0.6) is 0 Å². The van der Waals surface area contributed by atoms with Gasteiger partial charge in [-0.05, 0) is 12.8 Å². The maximum atomic E-state index is 10.1. The molecule has 0 aliphatic heterocycles. The third-order valence-electron chi connectivity index (χ3n) is 2.48. The SMILES string of the molecule is CCCCCCCCCCCC(=O)[O-].O.[Cs+]. The predicted molar refractivity (Wildman–Crippen MR) is 60.5 cm³/mol. The van der Waals surface area contributed by atoms with Gasteiger partial charge in [-0.2, -0.15) is 0 Å². The van der Waals surface area contributed by atoms with Gasteiger partial charge in [-0.25, -0.2) is 0 Å². The van der Waals surface area contributed by atoms with Crippen LogP contribution in [0, 0.1) is 0 Å². The standard InChI is InChI=1S/C12H24O2.Cs.H2O/c1-2-3-4-5-6-7-8-9-10-11-12(13)14;;/h2-11H2,1H3,(H,13,14);;1H2/q;+1;/p-1. The number of aliphatic carboxylic acids is 1. The second kappa shape index (κ2) is 18.8. The number of unbranched alkanes of at least 4 members (excludes halogenated alkanes) is 8. The van der Waals surface area contributed by atoms with Gasteiger partial charge in [0.2, 0.25) is 0 Å². The maximum absolute atomic E-state index is 10.1. The number of hydrogen-bond donors (Lipinski definition) is 0. The molecule has 0 atom stereocenters. The van der Waals surface area contributed by atoms with E-state index in [2.05, 4.69) is 6.92 Å². The Hall–Kier alpha value is 1.48. The Morgan fingerprint density at radius 1 is 0.875 bits per heavy atom. The zero-order valence-corrected chi connectivity index (χ0v) is 17.2. The molecule has 0 bridgehead atoms. The van der Waals surface area contributed by atoms with E-state index >= 15 is 0 Å². The van der Waals surface area contributed by atoms with Gasteiger partial charge in [0.25, 0.3) is 0 Å². The second-order valence-electron chi connectivity index (χ2n) is 3.95. The van der Waals surface area contributed by atoms with Crippen LogP contribution >= 0.6 is 0 Å². The molecule has 0 aromatic rings. The van der Waals surface area contributed by atoms with E-state index in [9.17, 15) is 9.90 Å². The third-order valence-corrected chi connectivity index (χ3v) is 2.48. The quantitative estimate of drug-likeness (QED) is 0.466. The van der Waals surface area contributed by atoms with Crippen LogP contribution in [-0.4, -0.2) is 11.4 Å². The maximum Gasteiger partial charge on any atom is 1.00 e. The van der Waals surface area contributed by atoms with Crippen molar-refractivity contribution in [1.29, 1.82) is 0 Å². The zero-order chi connectivity index (χ0) is 10.6. The topological polar surface area (TPSA) is 71.6 Å². The predicted octanol–water partition coefficient (Wildman–Crippen LogP) is -1.16. The van der Waals surface area contributed by atoms with Crippen molar-refractivity contribution < 1.29 is 84.3 Å². The van der Waals surface area contributed by atoms with Crippen LogP contribution < -0.4 is 74.0 Å². The summed E-state index contributed by atoms with van der Waals surface area (Å²) in [6.45, 7) is 2.22. The minimum absolute atomic E-state index is 0. The summed E-state index contributed by atoms with van der Waals surface area (Å²) in [5, 5.41) is 10.1. The van der Waals surface area contributed by atoms with E-state index in [0.717, 1.165) is 12.8 Å². The Balaban J connectivity index is -0.000000845. The Morgan fingerprint density at radius 2 is 1.25 bits per heavy atom. The minimum Gasteiger partial charge on any atom is -0.550 e. The molecular formula is C12H25CsO3. The summed E-state index contributed by atoms with van der Waals surface area (Å²) in [5.74, 6) is -0.909. The van der Waals surface area contributed by atoms with Crippen molar-refractivity contribution in [2.24, 2.45) is 0 Å². The van der Waals surface area contributed by atoms with E-state index in [-0.39, 0.29) is 80.8 Å². The van der Waals surface area contributed by atoms with Crippen molar-refractivity contribution in [2.75, 3.05) is 0 Å². The molecule has 0 saturated heterocycles. The largest absolute Gasteiger partial charge is 1.00 e. The van der Waals surface area contributed by atoms with Gasteiger partial charge in [0, 0.05) is 5.97 Å². The molecule has 0 radical (unpaired) electrons. The van der Waals surface area contributed by atoms with Crippen LogP contribution in [0.15, 0.2) is 0 Å². The zero-order valence-electron chi connectivity index (χ0n) is 10.9. The molecule has 0 aromatic heterocycles. The fourth-order valence-corrected chi connectivity index (χ4v) is 1.58. The minimum atomic E-state index is -0.909. The summed E-state index contributed by atoms with van der Waals surface area (Å²) in [6.07, 6.45) is 11.2. The summed E-state index contributed by atoms with van der Waals surface area (Å²) in [5.41, 5.74) is 0. The van der Waals surface area contributed by atoms with E-state index in [0.29, 0.717) is 0 Å². The van der Waals surface area contributed by atoms with Gasteiger partial charge in [0.15, 0.2) is 0 Å². The fraction of sp³-hybridized carbons (Fsp3) is 0.917. The van der Waals surface area contributed by atoms with Crippen molar-refractivity contribution in [3.05, 3.63) is 0 Å².